The fourth-order valence-electron chi connectivity index (χ4n) is 1.46. The van der Waals surface area contributed by atoms with Crippen LogP contribution in [-0.4, -0.2) is 17.7 Å². The molecule has 0 aliphatic carbocycles. The molecule has 3 heteroatoms. The van der Waals surface area contributed by atoms with E-state index >= 15 is 0 Å². The molecule has 0 saturated carbocycles. The number of hydrogen-bond acceptors (Lipinski definition) is 2. The van der Waals surface area contributed by atoms with Gasteiger partial charge in [-0.25, -0.2) is 0 Å². The van der Waals surface area contributed by atoms with E-state index in [0.717, 1.165) is 6.42 Å². The van der Waals surface area contributed by atoms with Crippen LogP contribution in [0.4, 0.5) is 0 Å². The van der Waals surface area contributed by atoms with Crippen LogP contribution in [0.1, 0.15) is 48.0 Å². The molecule has 0 aromatic carbocycles. The van der Waals surface area contributed by atoms with Crippen molar-refractivity contribution in [3.05, 3.63) is 0 Å². The van der Waals surface area contributed by atoms with Gasteiger partial charge in [0.15, 0.2) is 5.78 Å². The lowest BCUT2D eigenvalue weighted by molar-refractivity contribution is -0.131. The maximum atomic E-state index is 11.9. The predicted molar refractivity (Wildman–Crippen MR) is 66.1 cm³/mol. The molecule has 0 spiro atoms. The Labute approximate surface area is 99.0 Å². The molecule has 0 aromatic heterocycles. The van der Waals surface area contributed by atoms with Crippen LogP contribution in [0.25, 0.3) is 0 Å². The molecule has 0 fully saturated rings. The Morgan fingerprint density at radius 3 is 1.75 bits per heavy atom. The van der Waals surface area contributed by atoms with Gasteiger partial charge in [0, 0.05) is 11.8 Å². The maximum absolute atomic E-state index is 11.9. The van der Waals surface area contributed by atoms with Crippen molar-refractivity contribution in [1.29, 1.82) is 0 Å². The van der Waals surface area contributed by atoms with Crippen LogP contribution in [-0.2, 0) is 9.59 Å². The number of carbonyl (C=O) groups is 2. The number of ketones is 1. The highest BCUT2D eigenvalue weighted by Crippen LogP contribution is 2.11. The Morgan fingerprint density at radius 2 is 1.44 bits per heavy atom. The zero-order chi connectivity index (χ0) is 12.9. The molecule has 1 N–H and O–H groups in total. The first-order valence-corrected chi connectivity index (χ1v) is 6.09. The summed E-state index contributed by atoms with van der Waals surface area (Å²) in [7, 11) is 0. The summed E-state index contributed by atoms with van der Waals surface area (Å²) in [5, 5.41) is 2.84. The second kappa shape index (κ2) is 6.66. The molecule has 0 aromatic rings. The van der Waals surface area contributed by atoms with Crippen molar-refractivity contribution in [2.75, 3.05) is 0 Å². The van der Waals surface area contributed by atoms with Crippen LogP contribution < -0.4 is 5.32 Å². The summed E-state index contributed by atoms with van der Waals surface area (Å²) >= 11 is 0. The quantitative estimate of drug-likeness (QED) is 0.564. The lowest BCUT2D eigenvalue weighted by Gasteiger charge is -2.22. The van der Waals surface area contributed by atoms with E-state index < -0.39 is 0 Å². The second-order valence-electron chi connectivity index (χ2n) is 5.40. The van der Waals surface area contributed by atoms with Crippen molar-refractivity contribution < 1.29 is 9.59 Å². The first-order chi connectivity index (χ1) is 7.25. The van der Waals surface area contributed by atoms with Gasteiger partial charge in [-0.2, -0.15) is 0 Å². The standard InChI is InChI=1S/C13H25NO2/c1-8(2)7-11(12(15)9(3)4)14-13(16)10(5)6/h8-11H,7H2,1-6H3,(H,14,16)/i13+1,15+2,16+2. The number of Topliss-reactive ketones (excluding diaryl/α,β-unsaturated/α-hetero) is 1. The van der Waals surface area contributed by atoms with E-state index in [2.05, 4.69) is 19.2 Å². The number of rotatable bonds is 6. The summed E-state index contributed by atoms with van der Waals surface area (Å²) in [5.41, 5.74) is 0. The van der Waals surface area contributed by atoms with E-state index in [4.69, 9.17) is 0 Å². The minimum atomic E-state index is -0.324. The molecular formula is C13H25NO2. The monoisotopic (exact) mass is 232 g/mol. The largest absolute Gasteiger partial charge is 0.346 e. The molecule has 1 atom stereocenters. The van der Waals surface area contributed by atoms with Crippen LogP contribution in [0.15, 0.2) is 0 Å². The SMILES string of the molecule is CC(C)CC(N[13C](=[18O])C(C)C)C(=[18O])C(C)C. The average molecular weight is 232 g/mol. The summed E-state index contributed by atoms with van der Waals surface area (Å²) in [6.07, 6.45) is 0.718. The first kappa shape index (κ1) is 15.1. The molecule has 94 valence electrons. The molecule has 1 unspecified atom stereocenters. The Bertz CT molecular complexity index is 244. The van der Waals surface area contributed by atoms with Crippen molar-refractivity contribution in [2.24, 2.45) is 17.8 Å². The maximum Gasteiger partial charge on any atom is 0.223 e. The van der Waals surface area contributed by atoms with Crippen molar-refractivity contribution in [3.8, 4) is 0 Å². The third kappa shape index (κ3) is 5.29. The Morgan fingerprint density at radius 1 is 0.938 bits per heavy atom. The summed E-state index contributed by atoms with van der Waals surface area (Å²) in [6.45, 7) is 11.5. The van der Waals surface area contributed by atoms with Gasteiger partial charge < -0.3 is 5.32 Å². The molecule has 0 saturated heterocycles. The van der Waals surface area contributed by atoms with Crippen LogP contribution in [0, 0.1) is 17.8 Å². The number of amides is 1. The van der Waals surface area contributed by atoms with Gasteiger partial charge in [-0.15, -0.1) is 0 Å². The molecule has 0 rings (SSSR count). The third-order valence-corrected chi connectivity index (χ3v) is 2.46. The molecule has 0 bridgehead atoms. The number of nitrogens with one attached hydrogen (secondary N) is 1. The van der Waals surface area contributed by atoms with Crippen molar-refractivity contribution in [2.45, 2.75) is 54.0 Å². The van der Waals surface area contributed by atoms with Crippen LogP contribution in [0.5, 0.6) is 0 Å². The Kier molecular flexibility index (Phi) is 6.31. The van der Waals surface area contributed by atoms with Crippen molar-refractivity contribution in [1.82, 2.24) is 5.32 Å². The first-order valence-electron chi connectivity index (χ1n) is 6.09. The molecule has 0 aliphatic rings. The topological polar surface area (TPSA) is 46.2 Å². The smallest absolute Gasteiger partial charge is 0.223 e. The van der Waals surface area contributed by atoms with Gasteiger partial charge in [-0.05, 0) is 12.3 Å². The van der Waals surface area contributed by atoms with E-state index in [0.29, 0.717) is 5.92 Å². The van der Waals surface area contributed by atoms with E-state index in [-0.39, 0.29) is 29.6 Å². The van der Waals surface area contributed by atoms with Gasteiger partial charge in [0.05, 0.1) is 6.04 Å². The molecule has 1 amide bonds. The van der Waals surface area contributed by atoms with Gasteiger partial charge in [-0.1, -0.05) is 41.5 Å². The fourth-order valence-corrected chi connectivity index (χ4v) is 1.46. The van der Waals surface area contributed by atoms with Gasteiger partial charge >= 0.3 is 0 Å². The van der Waals surface area contributed by atoms with E-state index in [1.165, 1.54) is 0 Å². The van der Waals surface area contributed by atoms with E-state index in [1.54, 1.807) is 0 Å². The molecule has 0 heterocycles. The van der Waals surface area contributed by atoms with E-state index in [9.17, 15) is 9.59 Å². The highest BCUT2D eigenvalue weighted by Gasteiger charge is 2.24. The number of carbonyl (C=O) groups excluding carboxylic acids is 2. The van der Waals surface area contributed by atoms with Crippen LogP contribution in [0.2, 0.25) is 0 Å². The minimum Gasteiger partial charge on any atom is -0.346 e. The zero-order valence-electron chi connectivity index (χ0n) is 11.3. The summed E-state index contributed by atoms with van der Waals surface area (Å²) < 4.78 is 0. The van der Waals surface area contributed by atoms with Gasteiger partial charge in [0.25, 0.3) is 0 Å². The molecule has 0 aliphatic heterocycles. The second-order valence-corrected chi connectivity index (χ2v) is 5.40. The lowest BCUT2D eigenvalue weighted by Crippen LogP contribution is -2.45. The van der Waals surface area contributed by atoms with Crippen LogP contribution in [0.3, 0.4) is 0 Å². The normalized spacial score (nSPS) is 13.3. The zero-order valence-corrected chi connectivity index (χ0v) is 11.3. The molecule has 16 heavy (non-hydrogen) atoms. The summed E-state index contributed by atoms with van der Waals surface area (Å²) in [5.74, 6) is 0.383. The molecular weight excluding hydrogens is 207 g/mol. The average Bonchev–Trinajstić information content (AvgIpc) is 2.14. The lowest BCUT2D eigenvalue weighted by atomic mass is 9.95. The highest BCUT2D eigenvalue weighted by atomic mass is 18.1. The Hall–Kier alpha value is -0.860. The molecule has 3 nitrogen and oxygen atoms in total. The summed E-state index contributed by atoms with van der Waals surface area (Å²) in [6, 6.07) is -0.324. The minimum absolute atomic E-state index is 0.0313. The number of hydrogen-bond donors (Lipinski definition) is 1. The van der Waals surface area contributed by atoms with Gasteiger partial charge in [0.2, 0.25) is 5.91 Å². The Balaban J connectivity index is 4.55. The predicted octanol–water partition coefficient (Wildman–Crippen LogP) is 2.40. The summed E-state index contributed by atoms with van der Waals surface area (Å²) in [4.78, 5) is 23.5. The van der Waals surface area contributed by atoms with Crippen molar-refractivity contribution in [3.63, 3.8) is 0 Å². The fraction of sp³-hybridized carbons (Fsp3) is 0.846. The van der Waals surface area contributed by atoms with Crippen LogP contribution >= 0.6 is 0 Å². The van der Waals surface area contributed by atoms with E-state index in [1.807, 2.05) is 27.7 Å². The van der Waals surface area contributed by atoms with Gasteiger partial charge in [0.1, 0.15) is 0 Å². The molecule has 0 radical (unpaired) electrons. The van der Waals surface area contributed by atoms with Crippen molar-refractivity contribution >= 4 is 11.7 Å². The highest BCUT2D eigenvalue weighted by molar-refractivity contribution is 5.90. The third-order valence-electron chi connectivity index (χ3n) is 2.46. The van der Waals surface area contributed by atoms with Gasteiger partial charge in [-0.3, -0.25) is 9.59 Å².